The molecule has 21 heavy (non-hydrogen) atoms. The number of hydrogen-bond acceptors (Lipinski definition) is 4. The van der Waals surface area contributed by atoms with Crippen LogP contribution >= 0.6 is 0 Å². The minimum atomic E-state index is -3.62. The molecule has 1 fully saturated rings. The Morgan fingerprint density at radius 1 is 1.33 bits per heavy atom. The number of nitrogen functional groups attached to an aromatic ring is 1. The van der Waals surface area contributed by atoms with Gasteiger partial charge in [-0.3, -0.25) is 0 Å². The maximum Gasteiger partial charge on any atom is 0.242 e. The fraction of sp³-hybridized carbons (Fsp3) is 0.600. The van der Waals surface area contributed by atoms with Crippen LogP contribution in [0.15, 0.2) is 17.0 Å². The summed E-state index contributed by atoms with van der Waals surface area (Å²) in [5, 5.41) is 9.65. The van der Waals surface area contributed by atoms with Crippen molar-refractivity contribution in [3.63, 3.8) is 0 Å². The fourth-order valence-electron chi connectivity index (χ4n) is 2.92. The van der Waals surface area contributed by atoms with E-state index < -0.39 is 10.0 Å². The van der Waals surface area contributed by atoms with Gasteiger partial charge in [-0.15, -0.1) is 0 Å². The molecule has 2 rings (SSSR count). The van der Waals surface area contributed by atoms with Crippen LogP contribution in [0.4, 0.5) is 5.69 Å². The molecule has 0 aliphatic heterocycles. The first-order valence-electron chi connectivity index (χ1n) is 7.34. The highest BCUT2D eigenvalue weighted by Crippen LogP contribution is 2.27. The molecule has 0 aromatic heterocycles. The molecule has 118 valence electrons. The van der Waals surface area contributed by atoms with E-state index >= 15 is 0 Å². The van der Waals surface area contributed by atoms with Gasteiger partial charge in [0.1, 0.15) is 4.90 Å². The van der Waals surface area contributed by atoms with Crippen LogP contribution in [0.5, 0.6) is 0 Å². The van der Waals surface area contributed by atoms with E-state index in [1.165, 1.54) is 0 Å². The number of anilines is 1. The smallest absolute Gasteiger partial charge is 0.242 e. The van der Waals surface area contributed by atoms with Gasteiger partial charge in [-0.1, -0.05) is 12.5 Å². The van der Waals surface area contributed by atoms with Crippen molar-refractivity contribution < 1.29 is 13.5 Å². The number of benzene rings is 1. The van der Waals surface area contributed by atoms with Gasteiger partial charge in [-0.05, 0) is 56.2 Å². The Kier molecular flexibility index (Phi) is 4.91. The second kappa shape index (κ2) is 6.34. The zero-order valence-corrected chi connectivity index (χ0v) is 13.4. The number of sulfonamides is 1. The largest absolute Gasteiger partial charge is 0.398 e. The van der Waals surface area contributed by atoms with E-state index in [4.69, 9.17) is 5.73 Å². The summed E-state index contributed by atoms with van der Waals surface area (Å²) in [7, 11) is -3.62. The van der Waals surface area contributed by atoms with Crippen molar-refractivity contribution in [2.24, 2.45) is 5.92 Å². The number of aliphatic hydroxyl groups is 1. The normalized spacial score (nSPS) is 23.2. The molecule has 1 aromatic carbocycles. The van der Waals surface area contributed by atoms with Crippen molar-refractivity contribution in [1.82, 2.24) is 4.72 Å². The lowest BCUT2D eigenvalue weighted by Gasteiger charge is -2.26. The zero-order chi connectivity index (χ0) is 15.6. The maximum absolute atomic E-state index is 12.5. The highest BCUT2D eigenvalue weighted by atomic mass is 32.2. The molecule has 0 radical (unpaired) electrons. The lowest BCUT2D eigenvalue weighted by molar-refractivity contribution is 0.102. The van der Waals surface area contributed by atoms with E-state index in [1.54, 1.807) is 13.0 Å². The van der Waals surface area contributed by atoms with E-state index in [2.05, 4.69) is 4.72 Å². The number of aryl methyl sites for hydroxylation is 1. The average molecular weight is 312 g/mol. The molecule has 2 atom stereocenters. The Morgan fingerprint density at radius 3 is 2.71 bits per heavy atom. The van der Waals surface area contributed by atoms with Gasteiger partial charge in [0.25, 0.3) is 0 Å². The molecule has 0 amide bonds. The molecule has 0 heterocycles. The standard InChI is InChI=1S/C15H24N2O3S/c1-10-6-7-14(16)15(11(10)2)21(19,20)17-9-12-4-3-5-13(18)8-12/h6-7,12-13,17-18H,3-5,8-9,16H2,1-2H3. The Hall–Kier alpha value is -1.11. The SMILES string of the molecule is Cc1ccc(N)c(S(=O)(=O)NCC2CCCC(O)C2)c1C. The zero-order valence-electron chi connectivity index (χ0n) is 12.6. The molecule has 0 saturated heterocycles. The average Bonchev–Trinajstić information content (AvgIpc) is 2.41. The summed E-state index contributed by atoms with van der Waals surface area (Å²) < 4.78 is 27.6. The van der Waals surface area contributed by atoms with Crippen LogP contribution in [0.2, 0.25) is 0 Å². The fourth-order valence-corrected chi connectivity index (χ4v) is 4.46. The van der Waals surface area contributed by atoms with E-state index in [9.17, 15) is 13.5 Å². The third-order valence-corrected chi connectivity index (χ3v) is 5.92. The second-order valence-electron chi connectivity index (χ2n) is 5.96. The van der Waals surface area contributed by atoms with Crippen molar-refractivity contribution in [2.45, 2.75) is 50.5 Å². The van der Waals surface area contributed by atoms with Crippen LogP contribution in [0.1, 0.15) is 36.8 Å². The first kappa shape index (κ1) is 16.3. The molecule has 4 N–H and O–H groups in total. The van der Waals surface area contributed by atoms with Gasteiger partial charge in [0.05, 0.1) is 11.8 Å². The Morgan fingerprint density at radius 2 is 2.05 bits per heavy atom. The molecular weight excluding hydrogens is 288 g/mol. The van der Waals surface area contributed by atoms with Gasteiger partial charge in [0.2, 0.25) is 10.0 Å². The van der Waals surface area contributed by atoms with Crippen LogP contribution < -0.4 is 10.5 Å². The summed E-state index contributed by atoms with van der Waals surface area (Å²) in [5.41, 5.74) is 7.71. The molecule has 5 nitrogen and oxygen atoms in total. The highest BCUT2D eigenvalue weighted by molar-refractivity contribution is 7.89. The van der Waals surface area contributed by atoms with Crippen LogP contribution in [0, 0.1) is 19.8 Å². The lowest BCUT2D eigenvalue weighted by Crippen LogP contribution is -2.33. The van der Waals surface area contributed by atoms with Crippen LogP contribution in [0.25, 0.3) is 0 Å². The Bertz CT molecular complexity index is 614. The third kappa shape index (κ3) is 3.75. The molecule has 0 bridgehead atoms. The first-order valence-corrected chi connectivity index (χ1v) is 8.83. The van der Waals surface area contributed by atoms with E-state index in [0.29, 0.717) is 18.5 Å². The highest BCUT2D eigenvalue weighted by Gasteiger charge is 2.25. The topological polar surface area (TPSA) is 92.4 Å². The maximum atomic E-state index is 12.5. The van der Waals surface area contributed by atoms with Gasteiger partial charge >= 0.3 is 0 Å². The monoisotopic (exact) mass is 312 g/mol. The molecule has 1 aliphatic rings. The van der Waals surface area contributed by atoms with E-state index in [1.807, 2.05) is 13.0 Å². The van der Waals surface area contributed by atoms with Crippen molar-refractivity contribution >= 4 is 15.7 Å². The van der Waals surface area contributed by atoms with Crippen molar-refractivity contribution in [3.8, 4) is 0 Å². The minimum Gasteiger partial charge on any atom is -0.398 e. The quantitative estimate of drug-likeness (QED) is 0.738. The van der Waals surface area contributed by atoms with Crippen LogP contribution in [-0.2, 0) is 10.0 Å². The van der Waals surface area contributed by atoms with Gasteiger partial charge in [0.15, 0.2) is 0 Å². The summed E-state index contributed by atoms with van der Waals surface area (Å²) in [4.78, 5) is 0.179. The lowest BCUT2D eigenvalue weighted by atomic mass is 9.87. The van der Waals surface area contributed by atoms with Gasteiger partial charge in [0, 0.05) is 6.54 Å². The molecule has 1 aliphatic carbocycles. The van der Waals surface area contributed by atoms with Gasteiger partial charge < -0.3 is 10.8 Å². The molecule has 0 spiro atoms. The molecule has 1 saturated carbocycles. The van der Waals surface area contributed by atoms with Crippen molar-refractivity contribution in [1.29, 1.82) is 0 Å². The predicted octanol–water partition coefficient (Wildman–Crippen LogP) is 1.72. The molecule has 1 aromatic rings. The summed E-state index contributed by atoms with van der Waals surface area (Å²) in [6.07, 6.45) is 3.05. The number of nitrogens with one attached hydrogen (secondary N) is 1. The molecule has 6 heteroatoms. The van der Waals surface area contributed by atoms with Crippen LogP contribution in [0.3, 0.4) is 0 Å². The first-order chi connectivity index (χ1) is 9.81. The summed E-state index contributed by atoms with van der Waals surface area (Å²) in [6, 6.07) is 3.45. The number of hydrogen-bond donors (Lipinski definition) is 3. The summed E-state index contributed by atoms with van der Waals surface area (Å²) in [6.45, 7) is 3.99. The number of nitrogens with two attached hydrogens (primary N) is 1. The molecule has 2 unspecified atom stereocenters. The van der Waals surface area contributed by atoms with Gasteiger partial charge in [-0.25, -0.2) is 13.1 Å². The third-order valence-electron chi connectivity index (χ3n) is 4.29. The minimum absolute atomic E-state index is 0.179. The van der Waals surface area contributed by atoms with Crippen LogP contribution in [-0.4, -0.2) is 26.2 Å². The van der Waals surface area contributed by atoms with Gasteiger partial charge in [-0.2, -0.15) is 0 Å². The second-order valence-corrected chi connectivity index (χ2v) is 7.67. The summed E-state index contributed by atoms with van der Waals surface area (Å²) in [5.74, 6) is 0.190. The van der Waals surface area contributed by atoms with E-state index in [-0.39, 0.29) is 22.6 Å². The Balaban J connectivity index is 2.14. The molecular formula is C15H24N2O3S. The summed E-state index contributed by atoms with van der Waals surface area (Å²) >= 11 is 0. The Labute approximate surface area is 126 Å². The predicted molar refractivity (Wildman–Crippen MR) is 83.5 cm³/mol. The number of aliphatic hydroxyl groups excluding tert-OH is 1. The number of rotatable bonds is 4. The van der Waals surface area contributed by atoms with Crippen molar-refractivity contribution in [2.75, 3.05) is 12.3 Å². The van der Waals surface area contributed by atoms with E-state index in [0.717, 1.165) is 24.8 Å². The van der Waals surface area contributed by atoms with Crippen molar-refractivity contribution in [3.05, 3.63) is 23.3 Å².